The van der Waals surface area contributed by atoms with E-state index in [9.17, 15) is 0 Å². The number of benzene rings is 1. The summed E-state index contributed by atoms with van der Waals surface area (Å²) >= 11 is 5.48. The molecule has 0 aromatic heterocycles. The van der Waals surface area contributed by atoms with Gasteiger partial charge < -0.3 is 15.1 Å². The number of hydrogen-bond donors (Lipinski definition) is 2. The molecule has 0 bridgehead atoms. The van der Waals surface area contributed by atoms with Gasteiger partial charge in [-0.1, -0.05) is 18.2 Å². The van der Waals surface area contributed by atoms with Crippen LogP contribution in [0.3, 0.4) is 0 Å². The maximum absolute atomic E-state index is 5.48. The first-order chi connectivity index (χ1) is 8.66. The monoisotopic (exact) mass is 264 g/mol. The largest absolute Gasteiger partial charge is 0.349 e. The van der Waals surface area contributed by atoms with Crippen molar-refractivity contribution in [3.05, 3.63) is 30.3 Å². The number of likely N-dealkylation sites (tertiary alicyclic amines) is 1. The summed E-state index contributed by atoms with van der Waals surface area (Å²) in [6.07, 6.45) is 2.44. The van der Waals surface area contributed by atoms with Crippen molar-refractivity contribution in [2.75, 3.05) is 32.5 Å². The number of nitrogens with zero attached hydrogens (tertiary/aromatic N) is 1. The lowest BCUT2D eigenvalue weighted by atomic mass is 10.0. The molecule has 1 aromatic rings. The summed E-state index contributed by atoms with van der Waals surface area (Å²) in [5.74, 6) is 0. The molecular formula is C14H22N3S+. The molecule has 0 saturated carbocycles. The molecule has 1 heterocycles. The maximum Gasteiger partial charge on any atom is 0.173 e. The van der Waals surface area contributed by atoms with Gasteiger partial charge in [0.2, 0.25) is 0 Å². The molecule has 98 valence electrons. The van der Waals surface area contributed by atoms with Crippen molar-refractivity contribution in [3.63, 3.8) is 0 Å². The van der Waals surface area contributed by atoms with Gasteiger partial charge in [0.05, 0.1) is 20.1 Å². The zero-order chi connectivity index (χ0) is 13.0. The van der Waals surface area contributed by atoms with Crippen molar-refractivity contribution in [2.24, 2.45) is 0 Å². The number of hydrogen-bond acceptors (Lipinski definition) is 1. The molecule has 0 radical (unpaired) electrons. The number of anilines is 1. The summed E-state index contributed by atoms with van der Waals surface area (Å²) in [6, 6.07) is 10.7. The molecule has 1 saturated heterocycles. The first kappa shape index (κ1) is 13.3. The Labute approximate surface area is 115 Å². The summed E-state index contributed by atoms with van der Waals surface area (Å²) < 4.78 is 0. The van der Waals surface area contributed by atoms with E-state index in [2.05, 4.69) is 24.3 Å². The van der Waals surface area contributed by atoms with Gasteiger partial charge >= 0.3 is 0 Å². The van der Waals surface area contributed by atoms with Gasteiger partial charge in [-0.05, 0) is 24.4 Å². The van der Waals surface area contributed by atoms with Crippen molar-refractivity contribution in [1.82, 2.24) is 4.90 Å². The van der Waals surface area contributed by atoms with Crippen molar-refractivity contribution in [1.29, 1.82) is 0 Å². The molecule has 1 aliphatic rings. The molecule has 2 rings (SSSR count). The molecule has 0 unspecified atom stereocenters. The molecule has 1 aliphatic heterocycles. The van der Waals surface area contributed by atoms with E-state index in [1.54, 1.807) is 4.90 Å². The third kappa shape index (κ3) is 3.43. The molecule has 0 amide bonds. The van der Waals surface area contributed by atoms with Crippen molar-refractivity contribution in [3.8, 4) is 0 Å². The topological polar surface area (TPSA) is 19.7 Å². The van der Waals surface area contributed by atoms with E-state index < -0.39 is 0 Å². The van der Waals surface area contributed by atoms with Gasteiger partial charge in [-0.25, -0.2) is 0 Å². The molecule has 2 N–H and O–H groups in total. The lowest BCUT2D eigenvalue weighted by Gasteiger charge is -2.34. The van der Waals surface area contributed by atoms with Crippen LogP contribution in [0.25, 0.3) is 0 Å². The lowest BCUT2D eigenvalue weighted by molar-refractivity contribution is -0.885. The standard InChI is InChI=1S/C14H21N3S/c1-16-10-8-13(9-11-16)17(2)14(18)15-12-6-4-3-5-7-12/h3-7,13H,8-11H2,1-2H3,(H,15,18)/p+1. The van der Waals surface area contributed by atoms with Crippen molar-refractivity contribution < 1.29 is 4.90 Å². The quantitative estimate of drug-likeness (QED) is 0.777. The number of thiocarbonyl (C=S) groups is 1. The Morgan fingerprint density at radius 3 is 2.50 bits per heavy atom. The van der Waals surface area contributed by atoms with Crippen LogP contribution in [0.15, 0.2) is 30.3 Å². The van der Waals surface area contributed by atoms with Crippen LogP contribution in [0.5, 0.6) is 0 Å². The zero-order valence-electron chi connectivity index (χ0n) is 11.1. The Balaban J connectivity index is 1.89. The van der Waals surface area contributed by atoms with Gasteiger partial charge in [-0.15, -0.1) is 0 Å². The zero-order valence-corrected chi connectivity index (χ0v) is 12.0. The Hall–Kier alpha value is -1.13. The number of rotatable bonds is 2. The van der Waals surface area contributed by atoms with Crippen LogP contribution in [0.4, 0.5) is 5.69 Å². The molecule has 4 heteroatoms. The summed E-state index contributed by atoms with van der Waals surface area (Å²) in [4.78, 5) is 3.84. The van der Waals surface area contributed by atoms with Gasteiger partial charge in [-0.3, -0.25) is 0 Å². The normalized spacial score (nSPS) is 23.4. The Bertz CT molecular complexity index is 385. The predicted octanol–water partition coefficient (Wildman–Crippen LogP) is 0.992. The lowest BCUT2D eigenvalue weighted by Crippen LogP contribution is -3.10. The van der Waals surface area contributed by atoms with Gasteiger partial charge in [0.25, 0.3) is 0 Å². The van der Waals surface area contributed by atoms with Gasteiger partial charge in [0.1, 0.15) is 0 Å². The van der Waals surface area contributed by atoms with E-state index in [-0.39, 0.29) is 0 Å². The smallest absolute Gasteiger partial charge is 0.173 e. The number of para-hydroxylation sites is 1. The minimum atomic E-state index is 0.581. The molecule has 3 nitrogen and oxygen atoms in total. The van der Waals surface area contributed by atoms with Crippen LogP contribution in [0, 0.1) is 0 Å². The minimum absolute atomic E-state index is 0.581. The molecule has 0 atom stereocenters. The highest BCUT2D eigenvalue weighted by molar-refractivity contribution is 7.80. The number of nitrogens with one attached hydrogen (secondary N) is 2. The predicted molar refractivity (Wildman–Crippen MR) is 80.1 cm³/mol. The second kappa shape index (κ2) is 6.16. The summed E-state index contributed by atoms with van der Waals surface area (Å²) in [5, 5.41) is 4.13. The molecule has 0 aliphatic carbocycles. The van der Waals surface area contributed by atoms with E-state index in [4.69, 9.17) is 12.2 Å². The van der Waals surface area contributed by atoms with Crippen LogP contribution in [0.1, 0.15) is 12.8 Å². The fourth-order valence-corrected chi connectivity index (χ4v) is 2.65. The van der Waals surface area contributed by atoms with E-state index >= 15 is 0 Å². The first-order valence-electron chi connectivity index (χ1n) is 6.57. The highest BCUT2D eigenvalue weighted by atomic mass is 32.1. The highest BCUT2D eigenvalue weighted by Crippen LogP contribution is 2.11. The van der Waals surface area contributed by atoms with Gasteiger partial charge in [0, 0.05) is 31.6 Å². The van der Waals surface area contributed by atoms with Crippen LogP contribution in [-0.2, 0) is 0 Å². The van der Waals surface area contributed by atoms with Crippen molar-refractivity contribution >= 4 is 23.0 Å². The fourth-order valence-electron chi connectivity index (χ4n) is 2.38. The average molecular weight is 264 g/mol. The maximum atomic E-state index is 5.48. The van der Waals surface area contributed by atoms with E-state index in [1.807, 2.05) is 30.3 Å². The minimum Gasteiger partial charge on any atom is -0.349 e. The highest BCUT2D eigenvalue weighted by Gasteiger charge is 2.24. The van der Waals surface area contributed by atoms with E-state index in [1.165, 1.54) is 25.9 Å². The third-order valence-corrected chi connectivity index (χ3v) is 4.09. The van der Waals surface area contributed by atoms with Crippen LogP contribution < -0.4 is 10.2 Å². The second-order valence-electron chi connectivity index (χ2n) is 5.10. The van der Waals surface area contributed by atoms with Crippen LogP contribution in [-0.4, -0.2) is 43.2 Å². The van der Waals surface area contributed by atoms with E-state index in [0.717, 1.165) is 10.8 Å². The van der Waals surface area contributed by atoms with Gasteiger partial charge in [-0.2, -0.15) is 0 Å². The average Bonchev–Trinajstić information content (AvgIpc) is 2.40. The Kier molecular flexibility index (Phi) is 4.55. The fraction of sp³-hybridized carbons (Fsp3) is 0.500. The van der Waals surface area contributed by atoms with Crippen LogP contribution >= 0.6 is 12.2 Å². The third-order valence-electron chi connectivity index (χ3n) is 3.70. The molecule has 1 aromatic carbocycles. The molecule has 1 fully saturated rings. The summed E-state index contributed by atoms with van der Waals surface area (Å²) in [5.41, 5.74) is 1.06. The first-order valence-corrected chi connectivity index (χ1v) is 6.98. The van der Waals surface area contributed by atoms with Crippen molar-refractivity contribution in [2.45, 2.75) is 18.9 Å². The molecule has 0 spiro atoms. The summed E-state index contributed by atoms with van der Waals surface area (Å²) in [6.45, 7) is 2.48. The molecule has 18 heavy (non-hydrogen) atoms. The molecular weight excluding hydrogens is 242 g/mol. The van der Waals surface area contributed by atoms with Crippen LogP contribution in [0.2, 0.25) is 0 Å². The number of piperidine rings is 1. The summed E-state index contributed by atoms with van der Waals surface area (Å²) in [7, 11) is 4.36. The SMILES string of the molecule is CN(C(=S)Nc1ccccc1)C1CC[NH+](C)CC1. The second-order valence-corrected chi connectivity index (χ2v) is 5.48. The van der Waals surface area contributed by atoms with Gasteiger partial charge in [0.15, 0.2) is 5.11 Å². The number of quaternary nitrogens is 1. The Morgan fingerprint density at radius 1 is 1.28 bits per heavy atom. The Morgan fingerprint density at radius 2 is 1.89 bits per heavy atom. The van der Waals surface area contributed by atoms with E-state index in [0.29, 0.717) is 6.04 Å².